The molecule has 1 N–H and O–H groups in total. The number of rotatable bonds is 5. The van der Waals surface area contributed by atoms with Crippen molar-refractivity contribution in [1.29, 1.82) is 0 Å². The molecule has 0 unspecified atom stereocenters. The van der Waals surface area contributed by atoms with E-state index in [1.54, 1.807) is 0 Å². The fourth-order valence-corrected chi connectivity index (χ4v) is 4.66. The summed E-state index contributed by atoms with van der Waals surface area (Å²) in [5, 5.41) is 4.16. The highest BCUT2D eigenvalue weighted by molar-refractivity contribution is 5.95. The molecular formula is C25H28N2O3. The number of amides is 1. The van der Waals surface area contributed by atoms with Crippen LogP contribution in [-0.2, 0) is 17.6 Å². The molecule has 3 aromatic rings. The number of benzene rings is 2. The highest BCUT2D eigenvalue weighted by Crippen LogP contribution is 2.34. The van der Waals surface area contributed by atoms with E-state index in [1.807, 2.05) is 36.4 Å². The van der Waals surface area contributed by atoms with E-state index in [4.69, 9.17) is 9.15 Å². The maximum absolute atomic E-state index is 12.6. The van der Waals surface area contributed by atoms with Gasteiger partial charge in [-0.15, -0.1) is 0 Å². The van der Waals surface area contributed by atoms with Crippen LogP contribution in [0.3, 0.4) is 0 Å². The van der Waals surface area contributed by atoms with Crippen LogP contribution in [0.2, 0.25) is 0 Å². The molecule has 1 fully saturated rings. The Balaban J connectivity index is 1.26. The Morgan fingerprint density at radius 3 is 2.73 bits per heavy atom. The van der Waals surface area contributed by atoms with Gasteiger partial charge in [0.25, 0.3) is 5.91 Å². The van der Waals surface area contributed by atoms with Crippen LogP contribution < -0.4 is 15.0 Å². The van der Waals surface area contributed by atoms with Gasteiger partial charge in [-0.3, -0.25) is 4.79 Å². The van der Waals surface area contributed by atoms with E-state index in [0.717, 1.165) is 54.0 Å². The average molecular weight is 405 g/mol. The zero-order chi connectivity index (χ0) is 20.3. The number of nitrogens with one attached hydrogen (secondary N) is 1. The van der Waals surface area contributed by atoms with Crippen LogP contribution in [0.5, 0.6) is 5.75 Å². The zero-order valence-electron chi connectivity index (χ0n) is 17.3. The molecule has 2 aromatic carbocycles. The lowest BCUT2D eigenvalue weighted by Gasteiger charge is -2.30. The minimum atomic E-state index is -0.145. The molecule has 2 heterocycles. The van der Waals surface area contributed by atoms with Gasteiger partial charge < -0.3 is 19.4 Å². The van der Waals surface area contributed by atoms with Crippen molar-refractivity contribution in [2.75, 3.05) is 29.9 Å². The van der Waals surface area contributed by atoms with Gasteiger partial charge >= 0.3 is 0 Å². The number of aryl methyl sites for hydroxylation is 2. The quantitative estimate of drug-likeness (QED) is 0.625. The molecule has 0 radical (unpaired) electrons. The summed E-state index contributed by atoms with van der Waals surface area (Å²) in [4.78, 5) is 15.0. The number of anilines is 2. The van der Waals surface area contributed by atoms with Crippen molar-refractivity contribution in [3.8, 4) is 5.75 Å². The lowest BCUT2D eigenvalue weighted by molar-refractivity contribution is -0.118. The Labute approximate surface area is 177 Å². The van der Waals surface area contributed by atoms with Gasteiger partial charge in [-0.05, 0) is 68.9 Å². The predicted octanol–water partition coefficient (Wildman–Crippen LogP) is 5.32. The monoisotopic (exact) mass is 404 g/mol. The molecule has 1 aliphatic heterocycles. The van der Waals surface area contributed by atoms with Crippen molar-refractivity contribution in [2.24, 2.45) is 0 Å². The molecule has 0 spiro atoms. The molecule has 1 amide bonds. The molecule has 30 heavy (non-hydrogen) atoms. The fraction of sp³-hybridized carbons (Fsp3) is 0.400. The molecule has 156 valence electrons. The standard InChI is InChI=1S/C25H28N2O3/c28-25(26-21-9-3-4-10-22(21)27-14-6-1-7-15-27)17-29-18-12-13-24-20(16-18)19-8-2-5-11-23(19)30-24/h3-4,9-10,12-13,16H,1-2,5-8,11,14-15,17H2,(H,26,28). The first-order valence-corrected chi connectivity index (χ1v) is 11.1. The molecule has 1 aliphatic carbocycles. The Morgan fingerprint density at radius 1 is 1.00 bits per heavy atom. The van der Waals surface area contributed by atoms with Crippen molar-refractivity contribution in [2.45, 2.75) is 44.9 Å². The third-order valence-electron chi connectivity index (χ3n) is 6.17. The van der Waals surface area contributed by atoms with Gasteiger partial charge in [0.05, 0.1) is 11.4 Å². The van der Waals surface area contributed by atoms with Crippen LogP contribution in [0, 0.1) is 0 Å². The van der Waals surface area contributed by atoms with E-state index < -0.39 is 0 Å². The molecule has 0 bridgehead atoms. The Hall–Kier alpha value is -2.95. The van der Waals surface area contributed by atoms with E-state index in [2.05, 4.69) is 16.3 Å². The fourth-order valence-electron chi connectivity index (χ4n) is 4.66. The number of fused-ring (bicyclic) bond motifs is 3. The topological polar surface area (TPSA) is 54.7 Å². The largest absolute Gasteiger partial charge is 0.484 e. The van der Waals surface area contributed by atoms with Gasteiger partial charge in [0.2, 0.25) is 0 Å². The number of hydrogen-bond acceptors (Lipinski definition) is 4. The zero-order valence-corrected chi connectivity index (χ0v) is 17.3. The van der Waals surface area contributed by atoms with Gasteiger partial charge in [0.15, 0.2) is 6.61 Å². The van der Waals surface area contributed by atoms with Crippen LogP contribution in [0.1, 0.15) is 43.4 Å². The first kappa shape index (κ1) is 19.0. The number of hydrogen-bond donors (Lipinski definition) is 1. The first-order valence-electron chi connectivity index (χ1n) is 11.1. The van der Waals surface area contributed by atoms with Crippen LogP contribution in [-0.4, -0.2) is 25.6 Å². The highest BCUT2D eigenvalue weighted by atomic mass is 16.5. The van der Waals surface area contributed by atoms with Crippen LogP contribution in [0.15, 0.2) is 46.9 Å². The van der Waals surface area contributed by atoms with Gasteiger partial charge in [-0.25, -0.2) is 0 Å². The molecule has 1 saturated heterocycles. The average Bonchev–Trinajstić information content (AvgIpc) is 3.17. The summed E-state index contributed by atoms with van der Waals surface area (Å²) in [5.41, 5.74) is 4.17. The second-order valence-electron chi connectivity index (χ2n) is 8.27. The van der Waals surface area contributed by atoms with E-state index in [1.165, 1.54) is 37.7 Å². The number of furan rings is 1. The number of piperidine rings is 1. The van der Waals surface area contributed by atoms with Crippen LogP contribution in [0.4, 0.5) is 11.4 Å². The lowest BCUT2D eigenvalue weighted by Crippen LogP contribution is -2.30. The molecule has 0 saturated carbocycles. The Bertz CT molecular complexity index is 1050. The maximum atomic E-state index is 12.6. The van der Waals surface area contributed by atoms with Gasteiger partial charge in [-0.2, -0.15) is 0 Å². The lowest BCUT2D eigenvalue weighted by atomic mass is 9.96. The van der Waals surface area contributed by atoms with Gasteiger partial charge in [-0.1, -0.05) is 12.1 Å². The number of carbonyl (C=O) groups is 1. The summed E-state index contributed by atoms with van der Waals surface area (Å²) in [5.74, 6) is 1.67. The number of nitrogens with zero attached hydrogens (tertiary/aromatic N) is 1. The van der Waals surface area contributed by atoms with Crippen molar-refractivity contribution < 1.29 is 13.9 Å². The summed E-state index contributed by atoms with van der Waals surface area (Å²) in [6.45, 7) is 2.07. The second kappa shape index (κ2) is 8.42. The van der Waals surface area contributed by atoms with Gasteiger partial charge in [0.1, 0.15) is 17.1 Å². The minimum Gasteiger partial charge on any atom is -0.484 e. The molecule has 5 heteroatoms. The molecule has 1 aromatic heterocycles. The van der Waals surface area contributed by atoms with E-state index in [9.17, 15) is 4.79 Å². The third kappa shape index (κ3) is 3.89. The van der Waals surface area contributed by atoms with Crippen molar-refractivity contribution in [3.63, 3.8) is 0 Å². The van der Waals surface area contributed by atoms with Crippen LogP contribution in [0.25, 0.3) is 11.0 Å². The molecule has 5 nitrogen and oxygen atoms in total. The first-order chi connectivity index (χ1) is 14.8. The van der Waals surface area contributed by atoms with Gasteiger partial charge in [0, 0.05) is 30.5 Å². The molecule has 5 rings (SSSR count). The summed E-state index contributed by atoms with van der Waals surface area (Å²) >= 11 is 0. The van der Waals surface area contributed by atoms with Crippen molar-refractivity contribution in [1.82, 2.24) is 0 Å². The van der Waals surface area contributed by atoms with E-state index in [0.29, 0.717) is 5.75 Å². The number of para-hydroxylation sites is 2. The SMILES string of the molecule is O=C(COc1ccc2oc3c(c2c1)CCCC3)Nc1ccccc1N1CCCCC1. The predicted molar refractivity (Wildman–Crippen MR) is 119 cm³/mol. The minimum absolute atomic E-state index is 0.0140. The van der Waals surface area contributed by atoms with Crippen molar-refractivity contribution in [3.05, 3.63) is 53.8 Å². The van der Waals surface area contributed by atoms with Crippen LogP contribution >= 0.6 is 0 Å². The maximum Gasteiger partial charge on any atom is 0.262 e. The molecule has 2 aliphatic rings. The number of ether oxygens (including phenoxy) is 1. The Kier molecular flexibility index (Phi) is 5.35. The number of carbonyl (C=O) groups excluding carboxylic acids is 1. The highest BCUT2D eigenvalue weighted by Gasteiger charge is 2.19. The molecule has 0 atom stereocenters. The summed E-state index contributed by atoms with van der Waals surface area (Å²) in [6.07, 6.45) is 8.14. The summed E-state index contributed by atoms with van der Waals surface area (Å²) in [6, 6.07) is 13.9. The third-order valence-corrected chi connectivity index (χ3v) is 6.17. The van der Waals surface area contributed by atoms with E-state index >= 15 is 0 Å². The molecular weight excluding hydrogens is 376 g/mol. The second-order valence-corrected chi connectivity index (χ2v) is 8.27. The van der Waals surface area contributed by atoms with E-state index in [-0.39, 0.29) is 12.5 Å². The summed E-state index contributed by atoms with van der Waals surface area (Å²) in [7, 11) is 0. The summed E-state index contributed by atoms with van der Waals surface area (Å²) < 4.78 is 11.8. The smallest absolute Gasteiger partial charge is 0.262 e. The van der Waals surface area contributed by atoms with Crippen molar-refractivity contribution >= 4 is 28.3 Å². The Morgan fingerprint density at radius 2 is 1.83 bits per heavy atom. The normalized spacial score (nSPS) is 16.3.